The largest absolute Gasteiger partial charge is 0.418 e. The maximum atomic E-state index is 12.4. The molecule has 0 bridgehead atoms. The summed E-state index contributed by atoms with van der Waals surface area (Å²) in [5.74, 6) is 0. The Labute approximate surface area is 92.5 Å². The molecule has 0 amide bonds. The first-order valence-electron chi connectivity index (χ1n) is 5.27. The number of hydrogen-bond donors (Lipinski definition) is 1. The summed E-state index contributed by atoms with van der Waals surface area (Å²) in [6.45, 7) is 0.436. The van der Waals surface area contributed by atoms with Crippen molar-refractivity contribution < 1.29 is 18.3 Å². The number of alkyl halides is 3. The lowest BCUT2D eigenvalue weighted by molar-refractivity contribution is -0.253. The van der Waals surface area contributed by atoms with Crippen LogP contribution in [0.15, 0.2) is 0 Å². The smallest absolute Gasteiger partial charge is 0.379 e. The Kier molecular flexibility index (Phi) is 4.16. The fourth-order valence-corrected chi connectivity index (χ4v) is 1.83. The Hall–Kier alpha value is -0.800. The van der Waals surface area contributed by atoms with E-state index in [0.29, 0.717) is 25.8 Å². The van der Waals surface area contributed by atoms with Crippen LogP contribution in [0.1, 0.15) is 25.7 Å². The Morgan fingerprint density at radius 2 is 2.06 bits per heavy atom. The summed E-state index contributed by atoms with van der Waals surface area (Å²) >= 11 is 0. The first-order chi connectivity index (χ1) is 7.39. The molecule has 0 unspecified atom stereocenters. The van der Waals surface area contributed by atoms with Gasteiger partial charge in [-0.3, -0.25) is 0 Å². The Morgan fingerprint density at radius 3 is 2.56 bits per heavy atom. The van der Waals surface area contributed by atoms with Crippen molar-refractivity contribution in [3.8, 4) is 6.07 Å². The Morgan fingerprint density at radius 1 is 1.38 bits per heavy atom. The van der Waals surface area contributed by atoms with Crippen molar-refractivity contribution in [1.29, 1.82) is 5.26 Å². The highest BCUT2D eigenvalue weighted by Crippen LogP contribution is 2.37. The number of β-amino-alcohol motifs (C(OH)–C–C–N with tert-alkyl or cyclic N) is 1. The molecule has 92 valence electrons. The number of nitrogens with zero attached hydrogens (tertiary/aromatic N) is 2. The molecule has 0 aromatic rings. The summed E-state index contributed by atoms with van der Waals surface area (Å²) in [6.07, 6.45) is -2.99. The fourth-order valence-electron chi connectivity index (χ4n) is 1.83. The predicted octanol–water partition coefficient (Wildman–Crippen LogP) is 1.68. The molecule has 0 aromatic heterocycles. The predicted molar refractivity (Wildman–Crippen MR) is 51.5 cm³/mol. The van der Waals surface area contributed by atoms with Crippen LogP contribution < -0.4 is 0 Å². The summed E-state index contributed by atoms with van der Waals surface area (Å²) in [7, 11) is 0. The first kappa shape index (κ1) is 13.3. The number of nitriles is 1. The molecule has 0 aliphatic carbocycles. The van der Waals surface area contributed by atoms with Gasteiger partial charge >= 0.3 is 6.18 Å². The Bertz CT molecular complexity index is 274. The number of likely N-dealkylation sites (tertiary alicyclic amines) is 1. The van der Waals surface area contributed by atoms with Crippen LogP contribution in [0.5, 0.6) is 0 Å². The molecule has 1 atom stereocenters. The SMILES string of the molecule is N#CCCCCN1CC[C@@](O)(C(F)(F)F)C1. The molecule has 1 saturated heterocycles. The van der Waals surface area contributed by atoms with Crippen molar-refractivity contribution >= 4 is 0 Å². The van der Waals surface area contributed by atoms with Gasteiger partial charge in [-0.25, -0.2) is 0 Å². The minimum Gasteiger partial charge on any atom is -0.379 e. The third kappa shape index (κ3) is 3.09. The van der Waals surface area contributed by atoms with Gasteiger partial charge in [-0.1, -0.05) is 0 Å². The van der Waals surface area contributed by atoms with Crippen molar-refractivity contribution in [2.75, 3.05) is 19.6 Å². The monoisotopic (exact) mass is 236 g/mol. The van der Waals surface area contributed by atoms with Crippen molar-refractivity contribution in [3.63, 3.8) is 0 Å². The van der Waals surface area contributed by atoms with Crippen LogP contribution in [0, 0.1) is 11.3 Å². The van der Waals surface area contributed by atoms with Crippen LogP contribution in [0.25, 0.3) is 0 Å². The second-order valence-corrected chi connectivity index (χ2v) is 4.17. The van der Waals surface area contributed by atoms with Crippen LogP contribution in [-0.2, 0) is 0 Å². The van der Waals surface area contributed by atoms with E-state index in [9.17, 15) is 18.3 Å². The quantitative estimate of drug-likeness (QED) is 0.755. The first-order valence-corrected chi connectivity index (χ1v) is 5.27. The lowest BCUT2D eigenvalue weighted by Gasteiger charge is -2.26. The molecule has 1 N–H and O–H groups in total. The van der Waals surface area contributed by atoms with E-state index < -0.39 is 11.8 Å². The average Bonchev–Trinajstić information content (AvgIpc) is 2.56. The normalized spacial score (nSPS) is 26.9. The number of halogens is 3. The molecule has 3 nitrogen and oxygen atoms in total. The van der Waals surface area contributed by atoms with Crippen LogP contribution in [-0.4, -0.2) is 41.4 Å². The molecule has 1 heterocycles. The molecule has 6 heteroatoms. The van der Waals surface area contributed by atoms with E-state index in [1.807, 2.05) is 6.07 Å². The summed E-state index contributed by atoms with van der Waals surface area (Å²) in [5.41, 5.74) is -2.54. The number of rotatable bonds is 4. The fraction of sp³-hybridized carbons (Fsp3) is 0.900. The van der Waals surface area contributed by atoms with E-state index in [2.05, 4.69) is 0 Å². The van der Waals surface area contributed by atoms with Crippen LogP contribution >= 0.6 is 0 Å². The van der Waals surface area contributed by atoms with Gasteiger partial charge in [0.2, 0.25) is 0 Å². The van der Waals surface area contributed by atoms with Gasteiger partial charge in [0.15, 0.2) is 5.60 Å². The van der Waals surface area contributed by atoms with Gasteiger partial charge in [-0.15, -0.1) is 0 Å². The highest BCUT2D eigenvalue weighted by molar-refractivity contribution is 4.95. The minimum atomic E-state index is -4.55. The molecular weight excluding hydrogens is 221 g/mol. The molecule has 1 aliphatic heterocycles. The third-order valence-corrected chi connectivity index (χ3v) is 2.87. The Balaban J connectivity index is 2.33. The maximum absolute atomic E-state index is 12.4. The second-order valence-electron chi connectivity index (χ2n) is 4.17. The van der Waals surface area contributed by atoms with Crippen molar-refractivity contribution in [2.45, 2.75) is 37.5 Å². The van der Waals surface area contributed by atoms with Crippen LogP contribution in [0.3, 0.4) is 0 Å². The van der Waals surface area contributed by atoms with E-state index in [4.69, 9.17) is 5.26 Å². The molecule has 1 fully saturated rings. The van der Waals surface area contributed by atoms with Gasteiger partial charge in [-0.05, 0) is 25.8 Å². The molecule has 0 aromatic carbocycles. The lowest BCUT2D eigenvalue weighted by Crippen LogP contribution is -2.47. The highest BCUT2D eigenvalue weighted by atomic mass is 19.4. The topological polar surface area (TPSA) is 47.3 Å². The maximum Gasteiger partial charge on any atom is 0.418 e. The van der Waals surface area contributed by atoms with Crippen molar-refractivity contribution in [1.82, 2.24) is 4.90 Å². The number of unbranched alkanes of at least 4 members (excludes halogenated alkanes) is 2. The zero-order valence-corrected chi connectivity index (χ0v) is 8.93. The van der Waals surface area contributed by atoms with Gasteiger partial charge in [0.25, 0.3) is 0 Å². The van der Waals surface area contributed by atoms with Gasteiger partial charge in [0, 0.05) is 19.5 Å². The van der Waals surface area contributed by atoms with Gasteiger partial charge in [0.05, 0.1) is 6.07 Å². The van der Waals surface area contributed by atoms with Gasteiger partial charge in [-0.2, -0.15) is 18.4 Å². The highest BCUT2D eigenvalue weighted by Gasteiger charge is 2.56. The zero-order valence-electron chi connectivity index (χ0n) is 8.93. The van der Waals surface area contributed by atoms with E-state index >= 15 is 0 Å². The van der Waals surface area contributed by atoms with E-state index in [-0.39, 0.29) is 19.5 Å². The van der Waals surface area contributed by atoms with Gasteiger partial charge < -0.3 is 10.0 Å². The van der Waals surface area contributed by atoms with Crippen molar-refractivity contribution in [2.24, 2.45) is 0 Å². The standard InChI is InChI=1S/C10H15F3N2O/c11-10(12,13)9(16)4-7-15(8-9)6-3-1-2-5-14/h16H,1-4,6-8H2/t9-/m0/s1. The van der Waals surface area contributed by atoms with E-state index in [1.165, 1.54) is 0 Å². The molecule has 1 rings (SSSR count). The van der Waals surface area contributed by atoms with Crippen LogP contribution in [0.2, 0.25) is 0 Å². The van der Waals surface area contributed by atoms with Crippen LogP contribution in [0.4, 0.5) is 13.2 Å². The second kappa shape index (κ2) is 5.02. The summed E-state index contributed by atoms with van der Waals surface area (Å²) in [6, 6.07) is 1.99. The van der Waals surface area contributed by atoms with Gasteiger partial charge in [0.1, 0.15) is 0 Å². The molecular formula is C10H15F3N2O. The molecule has 0 saturated carbocycles. The summed E-state index contributed by atoms with van der Waals surface area (Å²) < 4.78 is 37.3. The summed E-state index contributed by atoms with van der Waals surface area (Å²) in [5, 5.41) is 17.7. The number of hydrogen-bond acceptors (Lipinski definition) is 3. The average molecular weight is 236 g/mol. The molecule has 0 spiro atoms. The van der Waals surface area contributed by atoms with Crippen molar-refractivity contribution in [3.05, 3.63) is 0 Å². The molecule has 16 heavy (non-hydrogen) atoms. The minimum absolute atomic E-state index is 0.255. The lowest BCUT2D eigenvalue weighted by atomic mass is 10.0. The number of aliphatic hydroxyl groups is 1. The summed E-state index contributed by atoms with van der Waals surface area (Å²) in [4.78, 5) is 1.60. The zero-order chi connectivity index (χ0) is 12.2. The third-order valence-electron chi connectivity index (χ3n) is 2.87. The van der Waals surface area contributed by atoms with E-state index in [0.717, 1.165) is 0 Å². The molecule has 0 radical (unpaired) electrons. The van der Waals surface area contributed by atoms with E-state index in [1.54, 1.807) is 4.90 Å². The molecule has 1 aliphatic rings.